The molecule has 1 aromatic heterocycles. The zero-order chi connectivity index (χ0) is 19.4. The summed E-state index contributed by atoms with van der Waals surface area (Å²) in [5.41, 5.74) is 0.946. The van der Waals surface area contributed by atoms with Gasteiger partial charge in [0.2, 0.25) is 15.9 Å². The van der Waals surface area contributed by atoms with Crippen LogP contribution in [0, 0.1) is 11.6 Å². The Balaban J connectivity index is 1.60. The zero-order valence-electron chi connectivity index (χ0n) is 14.5. The van der Waals surface area contributed by atoms with E-state index in [1.165, 1.54) is 0 Å². The topological polar surface area (TPSA) is 70.6 Å². The molecule has 1 aromatic carbocycles. The number of nitrogens with zero attached hydrogens (tertiary/aromatic N) is 3. The molecule has 9 heteroatoms. The van der Waals surface area contributed by atoms with Crippen molar-refractivity contribution in [3.05, 3.63) is 59.9 Å². The van der Waals surface area contributed by atoms with Crippen molar-refractivity contribution in [2.75, 3.05) is 26.2 Å². The molecule has 0 atom stereocenters. The average molecular weight is 395 g/mol. The highest BCUT2D eigenvalue weighted by Crippen LogP contribution is 2.23. The van der Waals surface area contributed by atoms with Crippen LogP contribution in [0.15, 0.2) is 47.6 Å². The first-order valence-corrected chi connectivity index (χ1v) is 9.94. The Hall–Kier alpha value is -2.39. The second-order valence-corrected chi connectivity index (χ2v) is 8.07. The number of amides is 1. The molecular formula is C18H19F2N3O3S. The van der Waals surface area contributed by atoms with Gasteiger partial charge in [-0.25, -0.2) is 17.2 Å². The molecule has 6 nitrogen and oxygen atoms in total. The molecular weight excluding hydrogens is 376 g/mol. The maximum absolute atomic E-state index is 13.9. The van der Waals surface area contributed by atoms with Crippen LogP contribution in [-0.2, 0) is 21.2 Å². The number of carbonyl (C=O) groups excluding carboxylic acids is 1. The number of hydrogen-bond acceptors (Lipinski definition) is 4. The normalized spacial score (nSPS) is 15.7. The largest absolute Gasteiger partial charge is 0.340 e. The summed E-state index contributed by atoms with van der Waals surface area (Å²) < 4.78 is 53.8. The lowest BCUT2D eigenvalue weighted by molar-refractivity contribution is -0.132. The molecule has 0 radical (unpaired) electrons. The number of carbonyl (C=O) groups is 1. The molecule has 144 valence electrons. The molecule has 1 aliphatic heterocycles. The lowest BCUT2D eigenvalue weighted by atomic mass is 10.1. The summed E-state index contributed by atoms with van der Waals surface area (Å²) in [5, 5.41) is 0. The first-order valence-electron chi connectivity index (χ1n) is 8.50. The first kappa shape index (κ1) is 19.4. The third-order valence-corrected chi connectivity index (χ3v) is 6.41. The van der Waals surface area contributed by atoms with E-state index in [-0.39, 0.29) is 32.1 Å². The SMILES string of the molecule is O=C(CCc1cccnc1)N1CCN(S(=O)(=O)c2c(F)cccc2F)CC1. The van der Waals surface area contributed by atoms with E-state index in [1.807, 2.05) is 6.07 Å². The van der Waals surface area contributed by atoms with Gasteiger partial charge in [0.25, 0.3) is 0 Å². The number of benzene rings is 1. The van der Waals surface area contributed by atoms with Crippen molar-refractivity contribution < 1.29 is 22.0 Å². The van der Waals surface area contributed by atoms with Gasteiger partial charge in [0.15, 0.2) is 4.90 Å². The number of aryl methyl sites for hydroxylation is 1. The number of piperazine rings is 1. The van der Waals surface area contributed by atoms with E-state index in [1.54, 1.807) is 23.4 Å². The zero-order valence-corrected chi connectivity index (χ0v) is 15.3. The molecule has 0 spiro atoms. The fraction of sp³-hybridized carbons (Fsp3) is 0.333. The fourth-order valence-corrected chi connectivity index (χ4v) is 4.52. The number of sulfonamides is 1. The summed E-state index contributed by atoms with van der Waals surface area (Å²) in [4.78, 5) is 16.9. The van der Waals surface area contributed by atoms with Crippen LogP contribution in [0.4, 0.5) is 8.78 Å². The molecule has 1 amide bonds. The number of aromatic nitrogens is 1. The lowest BCUT2D eigenvalue weighted by Gasteiger charge is -2.34. The van der Waals surface area contributed by atoms with Crippen LogP contribution in [0.1, 0.15) is 12.0 Å². The van der Waals surface area contributed by atoms with Gasteiger partial charge in [0.1, 0.15) is 11.6 Å². The van der Waals surface area contributed by atoms with Crippen molar-refractivity contribution in [2.24, 2.45) is 0 Å². The van der Waals surface area contributed by atoms with E-state index in [0.29, 0.717) is 12.8 Å². The fourth-order valence-electron chi connectivity index (χ4n) is 2.99. The maximum Gasteiger partial charge on any atom is 0.249 e. The van der Waals surface area contributed by atoms with Crippen molar-refractivity contribution in [3.8, 4) is 0 Å². The van der Waals surface area contributed by atoms with Crippen LogP contribution in [-0.4, -0.2) is 54.7 Å². The Labute approximate surface area is 156 Å². The molecule has 0 saturated carbocycles. The number of halogens is 2. The monoisotopic (exact) mass is 395 g/mol. The third kappa shape index (κ3) is 4.30. The Morgan fingerprint density at radius 2 is 1.70 bits per heavy atom. The molecule has 2 heterocycles. The van der Waals surface area contributed by atoms with Gasteiger partial charge in [-0.3, -0.25) is 9.78 Å². The van der Waals surface area contributed by atoms with Gasteiger partial charge in [-0.2, -0.15) is 4.31 Å². The van der Waals surface area contributed by atoms with Crippen LogP contribution in [0.25, 0.3) is 0 Å². The molecule has 2 aromatic rings. The van der Waals surface area contributed by atoms with Crippen molar-refractivity contribution in [2.45, 2.75) is 17.7 Å². The van der Waals surface area contributed by atoms with E-state index in [0.717, 1.165) is 28.1 Å². The first-order chi connectivity index (χ1) is 12.9. The third-order valence-electron chi connectivity index (χ3n) is 4.46. The van der Waals surface area contributed by atoms with Gasteiger partial charge in [-0.1, -0.05) is 12.1 Å². The van der Waals surface area contributed by atoms with E-state index in [2.05, 4.69) is 4.98 Å². The molecule has 1 aliphatic rings. The van der Waals surface area contributed by atoms with E-state index in [4.69, 9.17) is 0 Å². The molecule has 3 rings (SSSR count). The Morgan fingerprint density at radius 3 is 2.30 bits per heavy atom. The predicted molar refractivity (Wildman–Crippen MR) is 94.3 cm³/mol. The summed E-state index contributed by atoms with van der Waals surface area (Å²) in [5.74, 6) is -2.33. The Kier molecular flexibility index (Phi) is 5.81. The minimum atomic E-state index is -4.29. The van der Waals surface area contributed by atoms with Gasteiger partial charge in [-0.05, 0) is 30.2 Å². The molecule has 0 bridgehead atoms. The molecule has 0 aliphatic carbocycles. The Bertz CT molecular complexity index is 894. The smallest absolute Gasteiger partial charge is 0.249 e. The minimum absolute atomic E-state index is 0.00522. The van der Waals surface area contributed by atoms with E-state index in [9.17, 15) is 22.0 Å². The van der Waals surface area contributed by atoms with Crippen LogP contribution < -0.4 is 0 Å². The van der Waals surface area contributed by atoms with Gasteiger partial charge in [-0.15, -0.1) is 0 Å². The summed E-state index contributed by atoms with van der Waals surface area (Å²) >= 11 is 0. The quantitative estimate of drug-likeness (QED) is 0.775. The van der Waals surface area contributed by atoms with Crippen LogP contribution in [0.5, 0.6) is 0 Å². The van der Waals surface area contributed by atoms with Crippen LogP contribution >= 0.6 is 0 Å². The second-order valence-electron chi connectivity index (χ2n) is 6.20. The highest BCUT2D eigenvalue weighted by Gasteiger charge is 2.33. The highest BCUT2D eigenvalue weighted by molar-refractivity contribution is 7.89. The van der Waals surface area contributed by atoms with Crippen LogP contribution in [0.3, 0.4) is 0 Å². The average Bonchev–Trinajstić information content (AvgIpc) is 2.67. The Morgan fingerprint density at radius 1 is 1.04 bits per heavy atom. The van der Waals surface area contributed by atoms with Crippen molar-refractivity contribution >= 4 is 15.9 Å². The van der Waals surface area contributed by atoms with E-state index < -0.39 is 26.6 Å². The summed E-state index contributed by atoms with van der Waals surface area (Å²) in [6, 6.07) is 6.62. The second kappa shape index (κ2) is 8.10. The summed E-state index contributed by atoms with van der Waals surface area (Å²) in [7, 11) is -4.29. The summed E-state index contributed by atoms with van der Waals surface area (Å²) in [6.45, 7) is 0.353. The number of rotatable bonds is 5. The maximum atomic E-state index is 13.9. The number of hydrogen-bond donors (Lipinski definition) is 0. The van der Waals surface area contributed by atoms with Gasteiger partial charge < -0.3 is 4.90 Å². The van der Waals surface area contributed by atoms with E-state index >= 15 is 0 Å². The molecule has 1 fully saturated rings. The van der Waals surface area contributed by atoms with Crippen molar-refractivity contribution in [1.29, 1.82) is 0 Å². The predicted octanol–water partition coefficient (Wildman–Crippen LogP) is 1.83. The molecule has 0 N–H and O–H groups in total. The van der Waals surface area contributed by atoms with Crippen molar-refractivity contribution in [1.82, 2.24) is 14.2 Å². The van der Waals surface area contributed by atoms with Gasteiger partial charge in [0.05, 0.1) is 0 Å². The minimum Gasteiger partial charge on any atom is -0.340 e. The highest BCUT2D eigenvalue weighted by atomic mass is 32.2. The van der Waals surface area contributed by atoms with Gasteiger partial charge >= 0.3 is 0 Å². The molecule has 27 heavy (non-hydrogen) atoms. The van der Waals surface area contributed by atoms with Crippen molar-refractivity contribution in [3.63, 3.8) is 0 Å². The van der Waals surface area contributed by atoms with Crippen LogP contribution in [0.2, 0.25) is 0 Å². The number of pyridine rings is 1. The molecule has 1 saturated heterocycles. The lowest BCUT2D eigenvalue weighted by Crippen LogP contribution is -2.50. The van der Waals surface area contributed by atoms with Gasteiger partial charge in [0, 0.05) is 45.0 Å². The summed E-state index contributed by atoms with van der Waals surface area (Å²) in [6.07, 6.45) is 4.19. The molecule has 0 unspecified atom stereocenters. The standard InChI is InChI=1S/C18H19F2N3O3S/c19-15-4-1-5-16(20)18(15)27(25,26)23-11-9-22(10-12-23)17(24)7-6-14-3-2-8-21-13-14/h1-5,8,13H,6-7,9-12H2.